The highest BCUT2D eigenvalue weighted by Crippen LogP contribution is 2.29. The highest BCUT2D eigenvalue weighted by atomic mass is 32.2. The Morgan fingerprint density at radius 3 is 2.62 bits per heavy atom. The maximum atomic E-state index is 12.0. The number of hydrogen-bond acceptors (Lipinski definition) is 3. The molecule has 0 aromatic carbocycles. The van der Waals surface area contributed by atoms with Gasteiger partial charge in [-0.25, -0.2) is 0 Å². The summed E-state index contributed by atoms with van der Waals surface area (Å²) in [5, 5.41) is 3.94. The first-order chi connectivity index (χ1) is 7.69. The minimum absolute atomic E-state index is 0.184. The van der Waals surface area contributed by atoms with E-state index in [-0.39, 0.29) is 17.9 Å². The van der Waals surface area contributed by atoms with Crippen LogP contribution < -0.4 is 11.1 Å². The first-order valence-corrected chi connectivity index (χ1v) is 7.56. The first-order valence-electron chi connectivity index (χ1n) is 6.27. The van der Waals surface area contributed by atoms with Crippen LogP contribution in [0.2, 0.25) is 0 Å². The van der Waals surface area contributed by atoms with Crippen molar-refractivity contribution in [1.82, 2.24) is 5.32 Å². The van der Waals surface area contributed by atoms with E-state index in [1.807, 2.05) is 11.8 Å². The number of thioether (sulfide) groups is 1. The lowest BCUT2D eigenvalue weighted by Gasteiger charge is -2.16. The van der Waals surface area contributed by atoms with Crippen molar-refractivity contribution >= 4 is 17.7 Å². The summed E-state index contributed by atoms with van der Waals surface area (Å²) in [6.45, 7) is 0. The maximum Gasteiger partial charge on any atom is 0.223 e. The lowest BCUT2D eigenvalue weighted by Crippen LogP contribution is -2.37. The lowest BCUT2D eigenvalue weighted by molar-refractivity contribution is -0.125. The predicted octanol–water partition coefficient (Wildman–Crippen LogP) is 1.51. The van der Waals surface area contributed by atoms with Crippen molar-refractivity contribution in [2.75, 3.05) is 6.26 Å². The van der Waals surface area contributed by atoms with E-state index in [9.17, 15) is 4.79 Å². The van der Waals surface area contributed by atoms with E-state index in [1.165, 1.54) is 6.42 Å². The summed E-state index contributed by atoms with van der Waals surface area (Å²) in [6.07, 6.45) is 8.56. The molecule has 2 aliphatic carbocycles. The summed E-state index contributed by atoms with van der Waals surface area (Å²) >= 11 is 1.92. The highest BCUT2D eigenvalue weighted by molar-refractivity contribution is 7.99. The van der Waals surface area contributed by atoms with Gasteiger partial charge < -0.3 is 11.1 Å². The fraction of sp³-hybridized carbons (Fsp3) is 0.917. The van der Waals surface area contributed by atoms with Crippen LogP contribution in [-0.2, 0) is 4.79 Å². The number of amides is 1. The van der Waals surface area contributed by atoms with Crippen LogP contribution in [0, 0.1) is 5.92 Å². The van der Waals surface area contributed by atoms with Gasteiger partial charge in [0.1, 0.15) is 0 Å². The molecule has 0 radical (unpaired) electrons. The van der Waals surface area contributed by atoms with Gasteiger partial charge in [-0.05, 0) is 44.8 Å². The molecule has 2 aliphatic rings. The number of carbonyl (C=O) groups excluding carboxylic acids is 1. The average molecular weight is 242 g/mol. The number of nitrogens with one attached hydrogen (secondary N) is 1. The van der Waals surface area contributed by atoms with Gasteiger partial charge >= 0.3 is 0 Å². The second kappa shape index (κ2) is 5.41. The summed E-state index contributed by atoms with van der Waals surface area (Å²) in [5.74, 6) is 0.433. The maximum absolute atomic E-state index is 12.0. The van der Waals surface area contributed by atoms with Crippen LogP contribution in [-0.4, -0.2) is 29.5 Å². The van der Waals surface area contributed by atoms with Gasteiger partial charge in [-0.2, -0.15) is 11.8 Å². The molecule has 0 heterocycles. The van der Waals surface area contributed by atoms with Gasteiger partial charge in [-0.1, -0.05) is 0 Å². The summed E-state index contributed by atoms with van der Waals surface area (Å²) in [7, 11) is 0. The second-order valence-corrected chi connectivity index (χ2v) is 6.28. The molecule has 4 atom stereocenters. The van der Waals surface area contributed by atoms with Gasteiger partial charge in [0, 0.05) is 23.3 Å². The normalized spacial score (nSPS) is 38.9. The molecule has 16 heavy (non-hydrogen) atoms. The van der Waals surface area contributed by atoms with Crippen molar-refractivity contribution in [3.05, 3.63) is 0 Å². The second-order valence-electron chi connectivity index (χ2n) is 5.15. The smallest absolute Gasteiger partial charge is 0.223 e. The van der Waals surface area contributed by atoms with Crippen LogP contribution in [0.4, 0.5) is 0 Å². The Kier molecular flexibility index (Phi) is 4.14. The molecule has 0 bridgehead atoms. The Labute approximate surface area is 102 Å². The van der Waals surface area contributed by atoms with Crippen LogP contribution in [0.5, 0.6) is 0 Å². The third-order valence-corrected chi connectivity index (χ3v) is 5.00. The summed E-state index contributed by atoms with van der Waals surface area (Å²) in [4.78, 5) is 12.0. The van der Waals surface area contributed by atoms with Crippen molar-refractivity contribution in [2.24, 2.45) is 11.7 Å². The van der Waals surface area contributed by atoms with Crippen LogP contribution in [0.1, 0.15) is 38.5 Å². The summed E-state index contributed by atoms with van der Waals surface area (Å²) in [6, 6.07) is 0.667. The van der Waals surface area contributed by atoms with E-state index in [4.69, 9.17) is 5.73 Å². The number of rotatable bonds is 3. The van der Waals surface area contributed by atoms with Crippen LogP contribution >= 0.6 is 11.8 Å². The topological polar surface area (TPSA) is 55.1 Å². The fourth-order valence-corrected chi connectivity index (χ4v) is 3.66. The molecule has 4 unspecified atom stereocenters. The average Bonchev–Trinajstić information content (AvgIpc) is 2.87. The van der Waals surface area contributed by atoms with Crippen molar-refractivity contribution < 1.29 is 4.79 Å². The van der Waals surface area contributed by atoms with E-state index in [0.29, 0.717) is 6.04 Å². The molecule has 1 amide bonds. The highest BCUT2D eigenvalue weighted by Gasteiger charge is 2.31. The SMILES string of the molecule is CSC1CCC(NC(=O)C2CCC(N)C2)C1. The van der Waals surface area contributed by atoms with Gasteiger partial charge in [0.05, 0.1) is 0 Å². The molecule has 0 saturated heterocycles. The molecule has 2 saturated carbocycles. The van der Waals surface area contributed by atoms with Crippen molar-refractivity contribution in [3.63, 3.8) is 0 Å². The van der Waals surface area contributed by atoms with Gasteiger partial charge in [0.2, 0.25) is 5.91 Å². The molecule has 0 aromatic heterocycles. The van der Waals surface area contributed by atoms with Crippen molar-refractivity contribution in [1.29, 1.82) is 0 Å². The molecule has 92 valence electrons. The molecule has 3 N–H and O–H groups in total. The number of hydrogen-bond donors (Lipinski definition) is 2. The molecule has 0 aromatic rings. The Balaban J connectivity index is 1.75. The van der Waals surface area contributed by atoms with Gasteiger partial charge in [-0.15, -0.1) is 0 Å². The van der Waals surface area contributed by atoms with Crippen LogP contribution in [0.25, 0.3) is 0 Å². The van der Waals surface area contributed by atoms with E-state index in [2.05, 4.69) is 11.6 Å². The third-order valence-electron chi connectivity index (χ3n) is 3.91. The minimum Gasteiger partial charge on any atom is -0.353 e. The molecule has 2 rings (SSSR count). The van der Waals surface area contributed by atoms with E-state index in [1.54, 1.807) is 0 Å². The van der Waals surface area contributed by atoms with Crippen LogP contribution in [0.15, 0.2) is 0 Å². The molecule has 3 nitrogen and oxygen atoms in total. The molecular weight excluding hydrogens is 220 g/mol. The fourth-order valence-electron chi connectivity index (χ4n) is 2.86. The zero-order chi connectivity index (χ0) is 11.5. The Morgan fingerprint density at radius 2 is 2.06 bits per heavy atom. The summed E-state index contributed by atoms with van der Waals surface area (Å²) in [5.41, 5.74) is 5.83. The zero-order valence-corrected chi connectivity index (χ0v) is 10.8. The predicted molar refractivity (Wildman–Crippen MR) is 68.4 cm³/mol. The van der Waals surface area contributed by atoms with Gasteiger partial charge in [-0.3, -0.25) is 4.79 Å². The van der Waals surface area contributed by atoms with Crippen molar-refractivity contribution in [2.45, 2.75) is 55.9 Å². The Bertz CT molecular complexity index is 259. The zero-order valence-electron chi connectivity index (χ0n) is 9.95. The first kappa shape index (κ1) is 12.2. The number of carbonyl (C=O) groups is 1. The van der Waals surface area contributed by atoms with E-state index in [0.717, 1.165) is 37.4 Å². The van der Waals surface area contributed by atoms with E-state index >= 15 is 0 Å². The Hall–Kier alpha value is -0.220. The lowest BCUT2D eigenvalue weighted by atomic mass is 10.1. The third kappa shape index (κ3) is 2.92. The van der Waals surface area contributed by atoms with Crippen molar-refractivity contribution in [3.8, 4) is 0 Å². The van der Waals surface area contributed by atoms with Crippen LogP contribution in [0.3, 0.4) is 0 Å². The molecular formula is C12H22N2OS. The molecule has 0 aliphatic heterocycles. The monoisotopic (exact) mass is 242 g/mol. The molecule has 0 spiro atoms. The van der Waals surface area contributed by atoms with Gasteiger partial charge in [0.25, 0.3) is 0 Å². The largest absolute Gasteiger partial charge is 0.353 e. The Morgan fingerprint density at radius 1 is 1.25 bits per heavy atom. The van der Waals surface area contributed by atoms with E-state index < -0.39 is 0 Å². The number of nitrogens with two attached hydrogens (primary N) is 1. The molecule has 4 heteroatoms. The quantitative estimate of drug-likeness (QED) is 0.789. The standard InChI is InChI=1S/C12H22N2OS/c1-16-11-5-4-10(7-11)14-12(15)8-2-3-9(13)6-8/h8-11H,2-7,13H2,1H3,(H,14,15). The van der Waals surface area contributed by atoms with Gasteiger partial charge in [0.15, 0.2) is 0 Å². The molecule has 2 fully saturated rings. The summed E-state index contributed by atoms with van der Waals surface area (Å²) < 4.78 is 0. The minimum atomic E-state index is 0.184.